The van der Waals surface area contributed by atoms with Crippen molar-refractivity contribution in [1.29, 1.82) is 0 Å². The van der Waals surface area contributed by atoms with Gasteiger partial charge in [-0.05, 0) is 40.2 Å². The van der Waals surface area contributed by atoms with Crippen LogP contribution in [0.1, 0.15) is 37.5 Å². The maximum Gasteiger partial charge on any atom is 0.261 e. The van der Waals surface area contributed by atoms with E-state index in [1.54, 1.807) is 42.5 Å². The van der Waals surface area contributed by atoms with Gasteiger partial charge in [-0.25, -0.2) is 0 Å². The van der Waals surface area contributed by atoms with Crippen LogP contribution in [-0.2, 0) is 4.79 Å². The molecule has 0 atom stereocenters. The van der Waals surface area contributed by atoms with E-state index in [0.29, 0.717) is 21.2 Å². The van der Waals surface area contributed by atoms with Crippen molar-refractivity contribution < 1.29 is 19.2 Å². The van der Waals surface area contributed by atoms with Crippen LogP contribution in [0.4, 0.5) is 0 Å². The van der Waals surface area contributed by atoms with E-state index in [2.05, 4.69) is 26.6 Å². The SMILES string of the molecule is O=C(CCN1C(=O)c2ccccc2C1=O)NCCNC(=O)c1ccccc1Br. The molecule has 0 bridgehead atoms. The number of nitrogens with one attached hydrogen (secondary N) is 2. The number of fused-ring (bicyclic) bond motifs is 1. The van der Waals surface area contributed by atoms with Gasteiger partial charge < -0.3 is 10.6 Å². The van der Waals surface area contributed by atoms with Gasteiger partial charge in [0, 0.05) is 30.5 Å². The molecule has 0 aromatic heterocycles. The normalized spacial score (nSPS) is 12.7. The molecule has 0 radical (unpaired) electrons. The van der Waals surface area contributed by atoms with Crippen molar-refractivity contribution in [3.8, 4) is 0 Å². The van der Waals surface area contributed by atoms with Crippen LogP contribution in [0.5, 0.6) is 0 Å². The first-order chi connectivity index (χ1) is 13.5. The molecule has 2 N–H and O–H groups in total. The largest absolute Gasteiger partial charge is 0.354 e. The number of carbonyl (C=O) groups excluding carboxylic acids is 4. The molecule has 0 spiro atoms. The second-order valence-corrected chi connectivity index (χ2v) is 7.00. The fraction of sp³-hybridized carbons (Fsp3) is 0.200. The van der Waals surface area contributed by atoms with Gasteiger partial charge in [-0.1, -0.05) is 24.3 Å². The second kappa shape index (κ2) is 8.79. The van der Waals surface area contributed by atoms with Crippen molar-refractivity contribution >= 4 is 39.6 Å². The standard InChI is InChI=1S/C20H18BrN3O4/c21-16-8-4-3-7-15(16)18(26)23-11-10-22-17(25)9-12-24-19(27)13-5-1-2-6-14(13)20(24)28/h1-8H,9-12H2,(H,22,25)(H,23,26). The van der Waals surface area contributed by atoms with Gasteiger partial charge in [-0.2, -0.15) is 0 Å². The van der Waals surface area contributed by atoms with Gasteiger partial charge in [-0.15, -0.1) is 0 Å². The van der Waals surface area contributed by atoms with E-state index < -0.39 is 0 Å². The third-order valence-corrected chi connectivity index (χ3v) is 4.98. The maximum atomic E-state index is 12.2. The minimum atomic E-state index is -0.380. The molecule has 1 aliphatic rings. The van der Waals surface area contributed by atoms with Crippen molar-refractivity contribution in [3.63, 3.8) is 0 Å². The Morgan fingerprint density at radius 2 is 1.43 bits per heavy atom. The number of rotatable bonds is 7. The van der Waals surface area contributed by atoms with Gasteiger partial charge in [0.25, 0.3) is 17.7 Å². The molecule has 1 aliphatic heterocycles. The molecule has 0 unspecified atom stereocenters. The number of nitrogens with zero attached hydrogens (tertiary/aromatic N) is 1. The van der Waals surface area contributed by atoms with E-state index >= 15 is 0 Å². The Labute approximate surface area is 170 Å². The first-order valence-electron chi connectivity index (χ1n) is 8.73. The van der Waals surface area contributed by atoms with E-state index in [0.717, 1.165) is 4.90 Å². The number of hydrogen-bond acceptors (Lipinski definition) is 4. The smallest absolute Gasteiger partial charge is 0.261 e. The topological polar surface area (TPSA) is 95.6 Å². The quantitative estimate of drug-likeness (QED) is 0.505. The number of amides is 4. The molecule has 0 saturated heterocycles. The number of carbonyl (C=O) groups is 4. The molecule has 0 saturated carbocycles. The summed E-state index contributed by atoms with van der Waals surface area (Å²) in [6.45, 7) is 0.525. The van der Waals surface area contributed by atoms with Crippen molar-refractivity contribution in [3.05, 3.63) is 69.7 Å². The van der Waals surface area contributed by atoms with Crippen LogP contribution < -0.4 is 10.6 Å². The van der Waals surface area contributed by atoms with Crippen molar-refractivity contribution in [2.75, 3.05) is 19.6 Å². The first-order valence-corrected chi connectivity index (χ1v) is 9.53. The van der Waals surface area contributed by atoms with Gasteiger partial charge in [-0.3, -0.25) is 24.1 Å². The predicted octanol–water partition coefficient (Wildman–Crippen LogP) is 1.98. The van der Waals surface area contributed by atoms with E-state index in [1.165, 1.54) is 0 Å². The Morgan fingerprint density at radius 1 is 0.857 bits per heavy atom. The lowest BCUT2D eigenvalue weighted by Crippen LogP contribution is -2.37. The van der Waals surface area contributed by atoms with E-state index in [9.17, 15) is 19.2 Å². The average molecular weight is 444 g/mol. The predicted molar refractivity (Wildman–Crippen MR) is 106 cm³/mol. The molecule has 8 heteroatoms. The Morgan fingerprint density at radius 3 is 2.07 bits per heavy atom. The third-order valence-electron chi connectivity index (χ3n) is 4.29. The zero-order chi connectivity index (χ0) is 20.1. The molecular weight excluding hydrogens is 426 g/mol. The zero-order valence-corrected chi connectivity index (χ0v) is 16.5. The lowest BCUT2D eigenvalue weighted by molar-refractivity contribution is -0.121. The fourth-order valence-corrected chi connectivity index (χ4v) is 3.33. The molecule has 4 amide bonds. The summed E-state index contributed by atoms with van der Waals surface area (Å²) >= 11 is 3.31. The van der Waals surface area contributed by atoms with Crippen molar-refractivity contribution in [2.45, 2.75) is 6.42 Å². The molecule has 144 valence electrons. The van der Waals surface area contributed by atoms with Crippen LogP contribution >= 0.6 is 15.9 Å². The summed E-state index contributed by atoms with van der Waals surface area (Å²) in [5.74, 6) is -1.30. The summed E-state index contributed by atoms with van der Waals surface area (Å²) in [5.41, 5.74) is 1.24. The molecule has 2 aromatic rings. The Bertz CT molecular complexity index is 910. The van der Waals surface area contributed by atoms with Gasteiger partial charge in [0.1, 0.15) is 0 Å². The van der Waals surface area contributed by atoms with Crippen molar-refractivity contribution in [2.24, 2.45) is 0 Å². The summed E-state index contributed by atoms with van der Waals surface area (Å²) in [6.07, 6.45) is 0.00362. The van der Waals surface area contributed by atoms with Gasteiger partial charge >= 0.3 is 0 Å². The zero-order valence-electron chi connectivity index (χ0n) is 14.9. The van der Waals surface area contributed by atoms with Gasteiger partial charge in [0.2, 0.25) is 5.91 Å². The lowest BCUT2D eigenvalue weighted by Gasteiger charge is -2.13. The molecule has 1 heterocycles. The summed E-state index contributed by atoms with van der Waals surface area (Å²) in [5, 5.41) is 5.38. The van der Waals surface area contributed by atoms with Crippen LogP contribution in [0, 0.1) is 0 Å². The number of hydrogen-bond donors (Lipinski definition) is 2. The highest BCUT2D eigenvalue weighted by Crippen LogP contribution is 2.22. The van der Waals surface area contributed by atoms with E-state index in [1.807, 2.05) is 6.07 Å². The Balaban J connectivity index is 1.40. The van der Waals surface area contributed by atoms with E-state index in [4.69, 9.17) is 0 Å². The van der Waals surface area contributed by atoms with Crippen LogP contribution in [-0.4, -0.2) is 48.2 Å². The molecule has 2 aromatic carbocycles. The van der Waals surface area contributed by atoms with E-state index in [-0.39, 0.29) is 49.7 Å². The minimum absolute atomic E-state index is 0.00362. The minimum Gasteiger partial charge on any atom is -0.354 e. The highest BCUT2D eigenvalue weighted by atomic mass is 79.9. The van der Waals surface area contributed by atoms with Gasteiger partial charge in [0.15, 0.2) is 0 Å². The molecule has 3 rings (SSSR count). The number of benzene rings is 2. The molecule has 7 nitrogen and oxygen atoms in total. The monoisotopic (exact) mass is 443 g/mol. The summed E-state index contributed by atoms with van der Waals surface area (Å²) in [6, 6.07) is 13.6. The summed E-state index contributed by atoms with van der Waals surface area (Å²) in [7, 11) is 0. The third kappa shape index (κ3) is 4.28. The first kappa shape index (κ1) is 19.8. The number of imide groups is 1. The van der Waals surface area contributed by atoms with Crippen LogP contribution in [0.25, 0.3) is 0 Å². The maximum absolute atomic E-state index is 12.2. The number of halogens is 1. The highest BCUT2D eigenvalue weighted by molar-refractivity contribution is 9.10. The summed E-state index contributed by atoms with van der Waals surface area (Å²) in [4.78, 5) is 49.6. The second-order valence-electron chi connectivity index (χ2n) is 6.14. The lowest BCUT2D eigenvalue weighted by atomic mass is 10.1. The molecular formula is C20H18BrN3O4. The Kier molecular flexibility index (Phi) is 6.20. The average Bonchev–Trinajstić information content (AvgIpc) is 2.94. The fourth-order valence-electron chi connectivity index (χ4n) is 2.86. The highest BCUT2D eigenvalue weighted by Gasteiger charge is 2.34. The molecule has 0 aliphatic carbocycles. The molecule has 0 fully saturated rings. The van der Waals surface area contributed by atoms with Crippen LogP contribution in [0.3, 0.4) is 0 Å². The summed E-state index contributed by atoms with van der Waals surface area (Å²) < 4.78 is 0.692. The van der Waals surface area contributed by atoms with Crippen LogP contribution in [0.15, 0.2) is 53.0 Å². The van der Waals surface area contributed by atoms with Crippen molar-refractivity contribution in [1.82, 2.24) is 15.5 Å². The van der Waals surface area contributed by atoms with Gasteiger partial charge in [0.05, 0.1) is 16.7 Å². The molecule has 28 heavy (non-hydrogen) atoms. The Hall–Kier alpha value is -3.00. The van der Waals surface area contributed by atoms with Crippen LogP contribution in [0.2, 0.25) is 0 Å².